The van der Waals surface area contributed by atoms with Crippen LogP contribution in [-0.4, -0.2) is 33.3 Å². The summed E-state index contributed by atoms with van der Waals surface area (Å²) in [7, 11) is 0. The number of aliphatic hydroxyl groups excluding tert-OH is 1. The summed E-state index contributed by atoms with van der Waals surface area (Å²) in [5, 5.41) is 14.7. The van der Waals surface area contributed by atoms with Crippen LogP contribution in [0.2, 0.25) is 0 Å². The van der Waals surface area contributed by atoms with Crippen molar-refractivity contribution in [1.82, 2.24) is 20.2 Å². The van der Waals surface area contributed by atoms with E-state index in [1.807, 2.05) is 6.92 Å². The van der Waals surface area contributed by atoms with Crippen LogP contribution in [0.5, 0.6) is 0 Å². The molecule has 1 fully saturated rings. The molecule has 0 aliphatic heterocycles. The highest BCUT2D eigenvalue weighted by atomic mass is 19.3. The van der Waals surface area contributed by atoms with E-state index in [0.29, 0.717) is 4.57 Å². The highest BCUT2D eigenvalue weighted by Gasteiger charge is 2.39. The number of halogens is 2. The largest absolute Gasteiger partial charge is 0.396 e. The molecule has 8 heteroatoms. The molecule has 118 valence electrons. The maximum Gasteiger partial charge on any atom is 0.319 e. The molecule has 21 heavy (non-hydrogen) atoms. The van der Waals surface area contributed by atoms with Gasteiger partial charge < -0.3 is 15.7 Å². The van der Waals surface area contributed by atoms with Crippen LogP contribution in [0.25, 0.3) is 0 Å². The molecule has 1 heterocycles. The Kier molecular flexibility index (Phi) is 4.76. The number of rotatable bonds is 5. The van der Waals surface area contributed by atoms with Gasteiger partial charge in [-0.15, -0.1) is 0 Å². The SMILES string of the molecule is CC1(CO)CCCC1NC(=O)NCc1nccn1C(F)F. The Hall–Kier alpha value is -1.70. The summed E-state index contributed by atoms with van der Waals surface area (Å²) in [4.78, 5) is 15.6. The highest BCUT2D eigenvalue weighted by molar-refractivity contribution is 5.74. The van der Waals surface area contributed by atoms with Crippen molar-refractivity contribution in [2.45, 2.75) is 45.3 Å². The molecule has 1 aromatic heterocycles. The summed E-state index contributed by atoms with van der Waals surface area (Å²) in [5.74, 6) is 0.0940. The fourth-order valence-corrected chi connectivity index (χ4v) is 2.70. The topological polar surface area (TPSA) is 79.2 Å². The third-order valence-electron chi connectivity index (χ3n) is 4.11. The van der Waals surface area contributed by atoms with Crippen molar-refractivity contribution < 1.29 is 18.7 Å². The van der Waals surface area contributed by atoms with Crippen molar-refractivity contribution in [1.29, 1.82) is 0 Å². The highest BCUT2D eigenvalue weighted by Crippen LogP contribution is 2.37. The molecule has 1 aliphatic carbocycles. The van der Waals surface area contributed by atoms with E-state index < -0.39 is 12.6 Å². The number of urea groups is 1. The molecular weight excluding hydrogens is 282 g/mol. The van der Waals surface area contributed by atoms with E-state index >= 15 is 0 Å². The molecule has 3 N–H and O–H groups in total. The Morgan fingerprint density at radius 1 is 1.67 bits per heavy atom. The number of nitrogens with one attached hydrogen (secondary N) is 2. The normalized spacial score (nSPS) is 25.3. The minimum absolute atomic E-state index is 0.00767. The molecule has 0 radical (unpaired) electrons. The first-order valence-electron chi connectivity index (χ1n) is 6.91. The predicted molar refractivity (Wildman–Crippen MR) is 71.7 cm³/mol. The fourth-order valence-electron chi connectivity index (χ4n) is 2.70. The molecule has 1 aromatic rings. The van der Waals surface area contributed by atoms with E-state index in [4.69, 9.17) is 0 Å². The molecule has 1 aliphatic rings. The van der Waals surface area contributed by atoms with Gasteiger partial charge in [0.25, 0.3) is 0 Å². The number of amides is 2. The lowest BCUT2D eigenvalue weighted by molar-refractivity contribution is 0.0666. The van der Waals surface area contributed by atoms with Gasteiger partial charge in [-0.2, -0.15) is 8.78 Å². The molecular formula is C13H20F2N4O2. The van der Waals surface area contributed by atoms with Crippen molar-refractivity contribution in [2.24, 2.45) is 5.41 Å². The molecule has 2 unspecified atom stereocenters. The molecule has 2 atom stereocenters. The minimum Gasteiger partial charge on any atom is -0.396 e. The first-order valence-corrected chi connectivity index (χ1v) is 6.91. The van der Waals surface area contributed by atoms with Gasteiger partial charge in [0.15, 0.2) is 0 Å². The number of aliphatic hydroxyl groups is 1. The third-order valence-corrected chi connectivity index (χ3v) is 4.11. The summed E-state index contributed by atoms with van der Waals surface area (Å²) in [6.07, 6.45) is 5.03. The van der Waals surface area contributed by atoms with E-state index in [2.05, 4.69) is 15.6 Å². The molecule has 6 nitrogen and oxygen atoms in total. The van der Waals surface area contributed by atoms with E-state index in [0.717, 1.165) is 19.3 Å². The second kappa shape index (κ2) is 6.38. The number of hydrogen-bond acceptors (Lipinski definition) is 3. The maximum absolute atomic E-state index is 12.6. The molecule has 0 aromatic carbocycles. The van der Waals surface area contributed by atoms with Gasteiger partial charge >= 0.3 is 12.6 Å². The molecule has 1 saturated carbocycles. The monoisotopic (exact) mass is 302 g/mol. The molecule has 0 bridgehead atoms. The van der Waals surface area contributed by atoms with Gasteiger partial charge in [-0.25, -0.2) is 9.78 Å². The number of carbonyl (C=O) groups is 1. The van der Waals surface area contributed by atoms with E-state index in [1.54, 1.807) is 0 Å². The summed E-state index contributed by atoms with van der Waals surface area (Å²) < 4.78 is 26.0. The third kappa shape index (κ3) is 3.49. The van der Waals surface area contributed by atoms with Crippen LogP contribution in [-0.2, 0) is 6.54 Å². The Balaban J connectivity index is 1.86. The summed E-state index contributed by atoms with van der Waals surface area (Å²) in [5.41, 5.74) is -0.321. The molecule has 2 rings (SSSR count). The Morgan fingerprint density at radius 3 is 3.10 bits per heavy atom. The summed E-state index contributed by atoms with van der Waals surface area (Å²) >= 11 is 0. The first kappa shape index (κ1) is 15.7. The molecule has 0 spiro atoms. The zero-order chi connectivity index (χ0) is 15.5. The van der Waals surface area contributed by atoms with Crippen LogP contribution >= 0.6 is 0 Å². The van der Waals surface area contributed by atoms with Gasteiger partial charge in [-0.05, 0) is 12.8 Å². The summed E-state index contributed by atoms with van der Waals surface area (Å²) in [6.45, 7) is -0.826. The molecule has 2 amide bonds. The van der Waals surface area contributed by atoms with E-state index in [9.17, 15) is 18.7 Å². The van der Waals surface area contributed by atoms with Crippen LogP contribution in [0, 0.1) is 5.41 Å². The van der Waals surface area contributed by atoms with Gasteiger partial charge in [0.2, 0.25) is 0 Å². The lowest BCUT2D eigenvalue weighted by atomic mass is 9.86. The van der Waals surface area contributed by atoms with Crippen LogP contribution in [0.4, 0.5) is 13.6 Å². The zero-order valence-electron chi connectivity index (χ0n) is 11.9. The lowest BCUT2D eigenvalue weighted by Crippen LogP contribution is -2.48. The van der Waals surface area contributed by atoms with Crippen molar-refractivity contribution in [3.8, 4) is 0 Å². The molecule has 0 saturated heterocycles. The average molecular weight is 302 g/mol. The number of nitrogens with zero attached hydrogens (tertiary/aromatic N) is 2. The quantitative estimate of drug-likeness (QED) is 0.773. The van der Waals surface area contributed by atoms with Gasteiger partial charge in [-0.3, -0.25) is 4.57 Å². The first-order chi connectivity index (χ1) is 9.96. The van der Waals surface area contributed by atoms with Crippen molar-refractivity contribution >= 4 is 6.03 Å². The number of carbonyl (C=O) groups excluding carboxylic acids is 1. The Morgan fingerprint density at radius 2 is 2.43 bits per heavy atom. The van der Waals surface area contributed by atoms with Crippen molar-refractivity contribution in [3.05, 3.63) is 18.2 Å². The van der Waals surface area contributed by atoms with E-state index in [-0.39, 0.29) is 30.4 Å². The van der Waals surface area contributed by atoms with E-state index in [1.165, 1.54) is 12.4 Å². The van der Waals surface area contributed by atoms with Crippen LogP contribution in [0.1, 0.15) is 38.6 Å². The Bertz CT molecular complexity index is 494. The van der Waals surface area contributed by atoms with Gasteiger partial charge in [0.05, 0.1) is 13.2 Å². The smallest absolute Gasteiger partial charge is 0.319 e. The second-order valence-corrected chi connectivity index (χ2v) is 5.61. The van der Waals surface area contributed by atoms with Crippen molar-refractivity contribution in [3.63, 3.8) is 0 Å². The second-order valence-electron chi connectivity index (χ2n) is 5.61. The predicted octanol–water partition coefficient (Wildman–Crippen LogP) is 1.63. The average Bonchev–Trinajstić information content (AvgIpc) is 3.05. The summed E-state index contributed by atoms with van der Waals surface area (Å²) in [6, 6.07) is -0.553. The van der Waals surface area contributed by atoms with Gasteiger partial charge in [-0.1, -0.05) is 13.3 Å². The van der Waals surface area contributed by atoms with Crippen LogP contribution < -0.4 is 10.6 Å². The number of aromatic nitrogens is 2. The fraction of sp³-hybridized carbons (Fsp3) is 0.692. The lowest BCUT2D eigenvalue weighted by Gasteiger charge is -2.30. The van der Waals surface area contributed by atoms with Crippen LogP contribution in [0.3, 0.4) is 0 Å². The maximum atomic E-state index is 12.6. The number of alkyl halides is 2. The number of imidazole rings is 1. The van der Waals surface area contributed by atoms with Crippen LogP contribution in [0.15, 0.2) is 12.4 Å². The minimum atomic E-state index is -2.68. The standard InChI is InChI=1S/C13H20F2N4O2/c1-13(8-20)4-2-3-9(13)18-12(21)17-7-10-16-5-6-19(10)11(14)15/h5-6,9,11,20H,2-4,7-8H2,1H3,(H2,17,18,21). The number of hydrogen-bond donors (Lipinski definition) is 3. The van der Waals surface area contributed by atoms with Crippen molar-refractivity contribution in [2.75, 3.05) is 6.61 Å². The van der Waals surface area contributed by atoms with Gasteiger partial charge in [0, 0.05) is 23.9 Å². The Labute approximate surface area is 121 Å². The van der Waals surface area contributed by atoms with Gasteiger partial charge in [0.1, 0.15) is 5.82 Å². The zero-order valence-corrected chi connectivity index (χ0v) is 11.9.